The molecule has 0 bridgehead atoms. The Bertz CT molecular complexity index is 849. The molecule has 0 saturated heterocycles. The van der Waals surface area contributed by atoms with Crippen molar-refractivity contribution in [2.75, 3.05) is 11.9 Å². The monoisotopic (exact) mass is 365 g/mol. The Kier molecular flexibility index (Phi) is 5.58. The fourth-order valence-electron chi connectivity index (χ4n) is 1.78. The molecule has 122 valence electrons. The minimum Gasteiger partial charge on any atom is -0.477 e. The highest BCUT2D eigenvalue weighted by atomic mass is 35.5. The number of nitriles is 1. The number of nitro benzene ring substituents is 1. The molecule has 0 spiro atoms. The van der Waals surface area contributed by atoms with E-state index in [1.165, 1.54) is 30.3 Å². The number of ether oxygens (including phenoxy) is 1. The van der Waals surface area contributed by atoms with Crippen LogP contribution in [-0.2, 0) is 4.79 Å². The lowest BCUT2D eigenvalue weighted by Crippen LogP contribution is -2.20. The van der Waals surface area contributed by atoms with Crippen molar-refractivity contribution in [3.05, 3.63) is 62.1 Å². The molecule has 0 atom stereocenters. The highest BCUT2D eigenvalue weighted by Crippen LogP contribution is 2.29. The van der Waals surface area contributed by atoms with Gasteiger partial charge in [-0.25, -0.2) is 0 Å². The topological polar surface area (TPSA) is 105 Å². The number of anilines is 1. The van der Waals surface area contributed by atoms with Crippen LogP contribution in [-0.4, -0.2) is 17.4 Å². The van der Waals surface area contributed by atoms with Crippen LogP contribution in [0.5, 0.6) is 5.75 Å². The summed E-state index contributed by atoms with van der Waals surface area (Å²) in [5.74, 6) is -0.613. The molecular formula is C15H9Cl2N3O4. The van der Waals surface area contributed by atoms with Crippen molar-refractivity contribution in [2.45, 2.75) is 0 Å². The fraction of sp³-hybridized carbons (Fsp3) is 0.0667. The van der Waals surface area contributed by atoms with Gasteiger partial charge in [-0.2, -0.15) is 5.26 Å². The average Bonchev–Trinajstić information content (AvgIpc) is 2.53. The summed E-state index contributed by atoms with van der Waals surface area (Å²) in [5.41, 5.74) is 0.317. The Hall–Kier alpha value is -2.82. The first-order valence-electron chi connectivity index (χ1n) is 6.47. The number of carbonyl (C=O) groups is 1. The molecule has 0 aromatic heterocycles. The van der Waals surface area contributed by atoms with E-state index in [1.807, 2.05) is 6.07 Å². The van der Waals surface area contributed by atoms with Crippen LogP contribution in [0.1, 0.15) is 5.56 Å². The summed E-state index contributed by atoms with van der Waals surface area (Å²) in [6.07, 6.45) is 0. The second kappa shape index (κ2) is 7.64. The summed E-state index contributed by atoms with van der Waals surface area (Å²) in [4.78, 5) is 22.1. The van der Waals surface area contributed by atoms with Crippen LogP contribution in [0.3, 0.4) is 0 Å². The van der Waals surface area contributed by atoms with Crippen LogP contribution in [0.25, 0.3) is 0 Å². The van der Waals surface area contributed by atoms with Gasteiger partial charge < -0.3 is 10.1 Å². The summed E-state index contributed by atoms with van der Waals surface area (Å²) in [6, 6.07) is 10.2. The molecule has 7 nitrogen and oxygen atoms in total. The van der Waals surface area contributed by atoms with Gasteiger partial charge in [-0.3, -0.25) is 14.9 Å². The van der Waals surface area contributed by atoms with Crippen LogP contribution < -0.4 is 10.1 Å². The molecule has 0 aliphatic rings. The first-order valence-corrected chi connectivity index (χ1v) is 7.22. The molecule has 0 saturated carbocycles. The number of nitrogens with zero attached hydrogens (tertiary/aromatic N) is 2. The van der Waals surface area contributed by atoms with E-state index < -0.39 is 17.4 Å². The maximum Gasteiger partial charge on any atom is 0.312 e. The molecule has 0 radical (unpaired) electrons. The van der Waals surface area contributed by atoms with Gasteiger partial charge >= 0.3 is 5.69 Å². The first kappa shape index (κ1) is 17.5. The second-order valence-corrected chi connectivity index (χ2v) is 5.36. The number of nitro groups is 1. The van der Waals surface area contributed by atoms with Crippen LogP contribution >= 0.6 is 23.2 Å². The number of carbonyl (C=O) groups excluding carboxylic acids is 1. The van der Waals surface area contributed by atoms with Gasteiger partial charge in [0.2, 0.25) is 0 Å². The normalized spacial score (nSPS) is 9.88. The number of hydrogen-bond acceptors (Lipinski definition) is 5. The van der Waals surface area contributed by atoms with Crippen LogP contribution in [0.15, 0.2) is 36.4 Å². The Morgan fingerprint density at radius 3 is 2.67 bits per heavy atom. The SMILES string of the molecule is N#Cc1ccc(NC(=O)COc2ccc(Cl)cc2[N+](=O)[O-])cc1Cl. The highest BCUT2D eigenvalue weighted by Gasteiger charge is 2.17. The van der Waals surface area contributed by atoms with E-state index in [-0.39, 0.29) is 27.0 Å². The third-order valence-corrected chi connectivity index (χ3v) is 3.40. The predicted molar refractivity (Wildman–Crippen MR) is 88.4 cm³/mol. The van der Waals surface area contributed by atoms with Crippen molar-refractivity contribution in [1.29, 1.82) is 5.26 Å². The number of benzene rings is 2. The van der Waals surface area contributed by atoms with Crippen LogP contribution in [0.2, 0.25) is 10.0 Å². The molecule has 24 heavy (non-hydrogen) atoms. The smallest absolute Gasteiger partial charge is 0.312 e. The number of rotatable bonds is 5. The van der Waals surface area contributed by atoms with Crippen LogP contribution in [0, 0.1) is 21.4 Å². The lowest BCUT2D eigenvalue weighted by molar-refractivity contribution is -0.385. The molecule has 9 heteroatoms. The molecule has 0 unspecified atom stereocenters. The standard InChI is InChI=1S/C15H9Cl2N3O4/c16-10-2-4-14(13(5-10)20(22)23)24-8-15(21)19-11-3-1-9(7-18)12(17)6-11/h1-6H,8H2,(H,19,21). The van der Waals surface area contributed by atoms with Crippen LogP contribution in [0.4, 0.5) is 11.4 Å². The molecular weight excluding hydrogens is 357 g/mol. The van der Waals surface area contributed by atoms with Gasteiger partial charge in [0.25, 0.3) is 5.91 Å². The number of hydrogen-bond donors (Lipinski definition) is 1. The lowest BCUT2D eigenvalue weighted by Gasteiger charge is -2.08. The summed E-state index contributed by atoms with van der Waals surface area (Å²) in [5, 5.41) is 22.6. The Morgan fingerprint density at radius 2 is 2.04 bits per heavy atom. The zero-order valence-electron chi connectivity index (χ0n) is 12.0. The van der Waals surface area contributed by atoms with Crippen molar-refractivity contribution < 1.29 is 14.5 Å². The van der Waals surface area contributed by atoms with Crippen molar-refractivity contribution in [1.82, 2.24) is 0 Å². The molecule has 0 fully saturated rings. The Balaban J connectivity index is 2.03. The van der Waals surface area contributed by atoms with Gasteiger partial charge in [0, 0.05) is 16.8 Å². The summed E-state index contributed by atoms with van der Waals surface area (Å²) in [6.45, 7) is -0.444. The Morgan fingerprint density at radius 1 is 1.29 bits per heavy atom. The van der Waals surface area contributed by atoms with E-state index in [1.54, 1.807) is 0 Å². The molecule has 1 amide bonds. The zero-order chi connectivity index (χ0) is 17.7. The van der Waals surface area contributed by atoms with E-state index in [4.69, 9.17) is 33.2 Å². The van der Waals surface area contributed by atoms with Crippen molar-refractivity contribution in [3.8, 4) is 11.8 Å². The average molecular weight is 366 g/mol. The maximum absolute atomic E-state index is 11.9. The summed E-state index contributed by atoms with van der Waals surface area (Å²) >= 11 is 11.6. The third-order valence-electron chi connectivity index (χ3n) is 2.85. The molecule has 0 heterocycles. The lowest BCUT2D eigenvalue weighted by atomic mass is 10.2. The van der Waals surface area contributed by atoms with Gasteiger partial charge in [0.15, 0.2) is 12.4 Å². The highest BCUT2D eigenvalue weighted by molar-refractivity contribution is 6.32. The first-order chi connectivity index (χ1) is 11.4. The van der Waals surface area contributed by atoms with Gasteiger partial charge in [-0.15, -0.1) is 0 Å². The van der Waals surface area contributed by atoms with Gasteiger partial charge in [0.1, 0.15) is 6.07 Å². The zero-order valence-corrected chi connectivity index (χ0v) is 13.5. The largest absolute Gasteiger partial charge is 0.477 e. The van der Waals surface area contributed by atoms with E-state index in [0.29, 0.717) is 5.69 Å². The molecule has 2 aromatic rings. The number of halogens is 2. The second-order valence-electron chi connectivity index (χ2n) is 4.51. The van der Waals surface area contributed by atoms with E-state index >= 15 is 0 Å². The fourth-order valence-corrected chi connectivity index (χ4v) is 2.17. The van der Waals surface area contributed by atoms with Crippen molar-refractivity contribution >= 4 is 40.5 Å². The number of nitrogens with one attached hydrogen (secondary N) is 1. The molecule has 0 aliphatic carbocycles. The quantitative estimate of drug-likeness (QED) is 0.640. The maximum atomic E-state index is 11.9. The Labute approximate surface area is 146 Å². The minimum absolute atomic E-state index is 0.0718. The van der Waals surface area contributed by atoms with Gasteiger partial charge in [-0.1, -0.05) is 23.2 Å². The van der Waals surface area contributed by atoms with E-state index in [0.717, 1.165) is 6.07 Å². The van der Waals surface area contributed by atoms with E-state index in [9.17, 15) is 14.9 Å². The van der Waals surface area contributed by atoms with Crippen molar-refractivity contribution in [2.24, 2.45) is 0 Å². The van der Waals surface area contributed by atoms with Gasteiger partial charge in [-0.05, 0) is 30.3 Å². The summed E-state index contributed by atoms with van der Waals surface area (Å²) < 4.78 is 5.16. The molecule has 2 aromatic carbocycles. The minimum atomic E-state index is -0.653. The number of amides is 1. The predicted octanol–water partition coefficient (Wildman–Crippen LogP) is 3.79. The van der Waals surface area contributed by atoms with E-state index in [2.05, 4.69) is 5.32 Å². The van der Waals surface area contributed by atoms with Gasteiger partial charge in [0.05, 0.1) is 15.5 Å². The third kappa shape index (κ3) is 4.35. The molecule has 2 rings (SSSR count). The molecule has 0 aliphatic heterocycles. The summed E-state index contributed by atoms with van der Waals surface area (Å²) in [7, 11) is 0. The van der Waals surface area contributed by atoms with Crippen molar-refractivity contribution in [3.63, 3.8) is 0 Å². The molecule has 1 N–H and O–H groups in total.